The average molecular weight is 331 g/mol. The molecule has 0 aliphatic carbocycles. The Bertz CT molecular complexity index is 547. The molecule has 5 heteroatoms. The molecule has 1 aromatic carbocycles. The largest absolute Gasteiger partial charge is 0.386 e. The van der Waals surface area contributed by atoms with E-state index in [9.17, 15) is 9.50 Å². The normalized spacial score (nSPS) is 12.4. The van der Waals surface area contributed by atoms with Gasteiger partial charge in [-0.15, -0.1) is 0 Å². The Morgan fingerprint density at radius 2 is 2.11 bits per heavy atom. The number of pyridine rings is 1. The summed E-state index contributed by atoms with van der Waals surface area (Å²) in [6.45, 7) is 0. The summed E-state index contributed by atoms with van der Waals surface area (Å²) < 4.78 is 14.1. The Morgan fingerprint density at radius 3 is 2.72 bits per heavy atom. The zero-order chi connectivity index (χ0) is 13.1. The minimum absolute atomic E-state index is 0.0787. The average Bonchev–Trinajstić information content (AvgIpc) is 2.34. The van der Waals surface area contributed by atoms with Gasteiger partial charge in [-0.1, -0.05) is 17.7 Å². The van der Waals surface area contributed by atoms with Gasteiger partial charge in [0.25, 0.3) is 0 Å². The molecule has 1 atom stereocenters. The van der Waals surface area contributed by atoms with Gasteiger partial charge >= 0.3 is 0 Å². The summed E-state index contributed by atoms with van der Waals surface area (Å²) in [6.07, 6.45) is 1.14. The zero-order valence-corrected chi connectivity index (χ0v) is 11.6. The van der Waals surface area contributed by atoms with E-state index in [0.29, 0.717) is 17.7 Å². The van der Waals surface area contributed by atoms with Crippen molar-refractivity contribution in [2.24, 2.45) is 0 Å². The molecule has 1 heterocycles. The third kappa shape index (κ3) is 3.28. The highest BCUT2D eigenvalue weighted by Gasteiger charge is 2.11. The van der Waals surface area contributed by atoms with Gasteiger partial charge in [0.05, 0.1) is 16.8 Å². The fourth-order valence-electron chi connectivity index (χ4n) is 1.58. The van der Waals surface area contributed by atoms with Crippen molar-refractivity contribution in [1.82, 2.24) is 4.98 Å². The molecule has 2 aromatic rings. The SMILES string of the molecule is OC(Cc1ccc(Cl)c(F)c1)c1ccc(Br)cn1. The number of hydrogen-bond acceptors (Lipinski definition) is 2. The molecular formula is C13H10BrClFNO. The van der Waals surface area contributed by atoms with E-state index in [1.807, 2.05) is 0 Å². The van der Waals surface area contributed by atoms with Crippen molar-refractivity contribution in [3.63, 3.8) is 0 Å². The molecule has 94 valence electrons. The number of aromatic nitrogens is 1. The van der Waals surface area contributed by atoms with Crippen LogP contribution in [-0.4, -0.2) is 10.1 Å². The first-order valence-electron chi connectivity index (χ1n) is 5.29. The van der Waals surface area contributed by atoms with Gasteiger partial charge in [0.2, 0.25) is 0 Å². The topological polar surface area (TPSA) is 33.1 Å². The summed E-state index contributed by atoms with van der Waals surface area (Å²) in [5.74, 6) is -0.481. The summed E-state index contributed by atoms with van der Waals surface area (Å²) in [7, 11) is 0. The molecule has 0 radical (unpaired) electrons. The molecule has 2 rings (SSSR count). The number of rotatable bonds is 3. The lowest BCUT2D eigenvalue weighted by Gasteiger charge is -2.10. The van der Waals surface area contributed by atoms with Crippen molar-refractivity contribution in [2.45, 2.75) is 12.5 Å². The Kier molecular flexibility index (Phi) is 4.32. The quantitative estimate of drug-likeness (QED) is 0.925. The van der Waals surface area contributed by atoms with E-state index in [-0.39, 0.29) is 5.02 Å². The van der Waals surface area contributed by atoms with E-state index < -0.39 is 11.9 Å². The maximum absolute atomic E-state index is 13.2. The van der Waals surface area contributed by atoms with Crippen LogP contribution in [-0.2, 0) is 6.42 Å². The summed E-state index contributed by atoms with van der Waals surface area (Å²) in [5.41, 5.74) is 1.22. The Hall–Kier alpha value is -0.970. The molecule has 18 heavy (non-hydrogen) atoms. The zero-order valence-electron chi connectivity index (χ0n) is 9.28. The highest BCUT2D eigenvalue weighted by Crippen LogP contribution is 2.21. The first-order chi connectivity index (χ1) is 8.56. The molecule has 1 unspecified atom stereocenters. The van der Waals surface area contributed by atoms with Crippen LogP contribution in [0.1, 0.15) is 17.4 Å². The summed E-state index contributed by atoms with van der Waals surface area (Å²) >= 11 is 8.87. The predicted octanol–water partition coefficient (Wildman–Crippen LogP) is 3.91. The molecular weight excluding hydrogens is 321 g/mol. The van der Waals surface area contributed by atoms with E-state index >= 15 is 0 Å². The molecule has 1 N–H and O–H groups in total. The van der Waals surface area contributed by atoms with E-state index in [2.05, 4.69) is 20.9 Å². The van der Waals surface area contributed by atoms with Crippen LogP contribution >= 0.6 is 27.5 Å². The Labute approximate surface area is 118 Å². The van der Waals surface area contributed by atoms with E-state index in [4.69, 9.17) is 11.6 Å². The Balaban J connectivity index is 2.13. The fraction of sp³-hybridized carbons (Fsp3) is 0.154. The molecule has 1 aromatic heterocycles. The predicted molar refractivity (Wildman–Crippen MR) is 72.0 cm³/mol. The van der Waals surface area contributed by atoms with Crippen LogP contribution < -0.4 is 0 Å². The van der Waals surface area contributed by atoms with Crippen molar-refractivity contribution in [3.05, 3.63) is 63.1 Å². The summed E-state index contributed by atoms with van der Waals surface area (Å²) in [4.78, 5) is 4.10. The van der Waals surface area contributed by atoms with Gasteiger partial charge in [0.15, 0.2) is 0 Å². The molecule has 2 nitrogen and oxygen atoms in total. The lowest BCUT2D eigenvalue weighted by molar-refractivity contribution is 0.173. The molecule has 0 spiro atoms. The third-order valence-corrected chi connectivity index (χ3v) is 3.28. The van der Waals surface area contributed by atoms with Crippen LogP contribution in [0.2, 0.25) is 5.02 Å². The second-order valence-electron chi connectivity index (χ2n) is 3.87. The van der Waals surface area contributed by atoms with Gasteiger partial charge in [-0.05, 0) is 45.8 Å². The van der Waals surface area contributed by atoms with Crippen molar-refractivity contribution in [1.29, 1.82) is 0 Å². The van der Waals surface area contributed by atoms with Gasteiger partial charge in [-0.2, -0.15) is 0 Å². The van der Waals surface area contributed by atoms with Crippen molar-refractivity contribution in [2.75, 3.05) is 0 Å². The fourth-order valence-corrected chi connectivity index (χ4v) is 1.93. The standard InChI is InChI=1S/C13H10BrClFNO/c14-9-2-4-12(17-7-9)13(18)6-8-1-3-10(15)11(16)5-8/h1-5,7,13,18H,6H2. The van der Waals surface area contributed by atoms with Crippen molar-refractivity contribution in [3.8, 4) is 0 Å². The van der Waals surface area contributed by atoms with Gasteiger partial charge in [-0.25, -0.2) is 4.39 Å². The van der Waals surface area contributed by atoms with E-state index in [0.717, 1.165) is 4.47 Å². The molecule has 0 saturated heterocycles. The van der Waals surface area contributed by atoms with Gasteiger partial charge in [0, 0.05) is 17.1 Å². The van der Waals surface area contributed by atoms with Crippen LogP contribution in [0, 0.1) is 5.82 Å². The lowest BCUT2D eigenvalue weighted by Crippen LogP contribution is -2.04. The molecule has 0 aliphatic heterocycles. The maximum atomic E-state index is 13.2. The molecule has 0 amide bonds. The van der Waals surface area contributed by atoms with Crippen LogP contribution in [0.5, 0.6) is 0 Å². The third-order valence-electron chi connectivity index (χ3n) is 2.50. The molecule has 0 saturated carbocycles. The van der Waals surface area contributed by atoms with Gasteiger partial charge < -0.3 is 5.11 Å². The van der Waals surface area contributed by atoms with Gasteiger partial charge in [-0.3, -0.25) is 4.98 Å². The molecule has 0 bridgehead atoms. The number of benzene rings is 1. The van der Waals surface area contributed by atoms with E-state index in [1.165, 1.54) is 12.1 Å². The first-order valence-corrected chi connectivity index (χ1v) is 6.47. The first kappa shape index (κ1) is 13.5. The van der Waals surface area contributed by atoms with Crippen LogP contribution in [0.4, 0.5) is 4.39 Å². The number of nitrogens with zero attached hydrogens (tertiary/aromatic N) is 1. The summed E-state index contributed by atoms with van der Waals surface area (Å²) in [5, 5.41) is 10.1. The smallest absolute Gasteiger partial charge is 0.142 e. The molecule has 0 fully saturated rings. The van der Waals surface area contributed by atoms with Crippen LogP contribution in [0.15, 0.2) is 41.0 Å². The van der Waals surface area contributed by atoms with Crippen molar-refractivity contribution < 1.29 is 9.50 Å². The minimum atomic E-state index is -0.765. The van der Waals surface area contributed by atoms with Crippen LogP contribution in [0.3, 0.4) is 0 Å². The number of aliphatic hydroxyl groups excluding tert-OH is 1. The number of halogens is 3. The van der Waals surface area contributed by atoms with Gasteiger partial charge in [0.1, 0.15) is 5.82 Å². The second-order valence-corrected chi connectivity index (χ2v) is 5.19. The second kappa shape index (κ2) is 5.78. The van der Waals surface area contributed by atoms with Crippen molar-refractivity contribution >= 4 is 27.5 Å². The Morgan fingerprint density at radius 1 is 1.33 bits per heavy atom. The lowest BCUT2D eigenvalue weighted by atomic mass is 10.1. The minimum Gasteiger partial charge on any atom is -0.386 e. The highest BCUT2D eigenvalue weighted by atomic mass is 79.9. The maximum Gasteiger partial charge on any atom is 0.142 e. The number of aliphatic hydroxyl groups is 1. The summed E-state index contributed by atoms with van der Waals surface area (Å²) in [6, 6.07) is 8.01. The number of hydrogen-bond donors (Lipinski definition) is 1. The molecule has 0 aliphatic rings. The van der Waals surface area contributed by atoms with E-state index in [1.54, 1.807) is 24.4 Å². The monoisotopic (exact) mass is 329 g/mol. The highest BCUT2D eigenvalue weighted by molar-refractivity contribution is 9.10. The van der Waals surface area contributed by atoms with Crippen LogP contribution in [0.25, 0.3) is 0 Å².